The van der Waals surface area contributed by atoms with Crippen LogP contribution >= 0.6 is 0 Å². The summed E-state index contributed by atoms with van der Waals surface area (Å²) in [7, 11) is 0. The highest BCUT2D eigenvalue weighted by molar-refractivity contribution is 5.81. The Bertz CT molecular complexity index is 376. The van der Waals surface area contributed by atoms with E-state index in [4.69, 9.17) is 4.74 Å². The maximum absolute atomic E-state index is 11.5. The van der Waals surface area contributed by atoms with Crippen LogP contribution in [-0.2, 0) is 22.5 Å². The lowest BCUT2D eigenvalue weighted by molar-refractivity contribution is -0.137. The largest absolute Gasteiger partial charge is 0.366 e. The molecule has 1 fully saturated rings. The number of aryl methyl sites for hydroxylation is 1. The van der Waals surface area contributed by atoms with Crippen LogP contribution < -0.4 is 5.32 Å². The molecular formula is C12H19N3O2. The molecular weight excluding hydrogens is 218 g/mol. The molecule has 0 saturated carbocycles. The molecule has 5 heteroatoms. The van der Waals surface area contributed by atoms with Gasteiger partial charge in [0.15, 0.2) is 0 Å². The maximum Gasteiger partial charge on any atom is 0.249 e. The van der Waals surface area contributed by atoms with Gasteiger partial charge in [-0.25, -0.2) is 4.98 Å². The van der Waals surface area contributed by atoms with Crippen LogP contribution in [0.15, 0.2) is 12.5 Å². The van der Waals surface area contributed by atoms with Crippen molar-refractivity contribution in [3.8, 4) is 0 Å². The summed E-state index contributed by atoms with van der Waals surface area (Å²) in [6.07, 6.45) is 6.33. The summed E-state index contributed by atoms with van der Waals surface area (Å²) >= 11 is 0. The van der Waals surface area contributed by atoms with E-state index in [1.54, 1.807) is 0 Å². The molecule has 0 radical (unpaired) electrons. The van der Waals surface area contributed by atoms with Gasteiger partial charge in [0.25, 0.3) is 0 Å². The number of amides is 1. The smallest absolute Gasteiger partial charge is 0.249 e. The molecule has 17 heavy (non-hydrogen) atoms. The summed E-state index contributed by atoms with van der Waals surface area (Å²) in [5.74, 6) is -0.0284. The zero-order valence-electron chi connectivity index (χ0n) is 10.2. The standard InChI is InChI=1S/C12H19N3O2/c1-2-3-5-15-8-10(14-9-15)7-11-12(16)13-4-6-17-11/h8-9,11H,2-7H2,1H3,(H,13,16)/t11-/m0/s1. The monoisotopic (exact) mass is 237 g/mol. The van der Waals surface area contributed by atoms with Crippen LogP contribution in [0.5, 0.6) is 0 Å². The van der Waals surface area contributed by atoms with E-state index in [2.05, 4.69) is 21.8 Å². The van der Waals surface area contributed by atoms with Gasteiger partial charge in [0.2, 0.25) is 5.91 Å². The van der Waals surface area contributed by atoms with Crippen LogP contribution in [0, 0.1) is 0 Å². The van der Waals surface area contributed by atoms with Gasteiger partial charge < -0.3 is 14.6 Å². The molecule has 1 aliphatic heterocycles. The zero-order valence-corrected chi connectivity index (χ0v) is 10.2. The number of aromatic nitrogens is 2. The molecule has 1 aromatic heterocycles. The van der Waals surface area contributed by atoms with Gasteiger partial charge in [-0.3, -0.25) is 4.79 Å². The van der Waals surface area contributed by atoms with Crippen LogP contribution in [0.1, 0.15) is 25.5 Å². The predicted octanol–water partition coefficient (Wildman–Crippen LogP) is 0.741. The Morgan fingerprint density at radius 2 is 2.53 bits per heavy atom. The number of nitrogens with one attached hydrogen (secondary N) is 1. The van der Waals surface area contributed by atoms with Crippen molar-refractivity contribution < 1.29 is 9.53 Å². The average molecular weight is 237 g/mol. The third-order valence-corrected chi connectivity index (χ3v) is 2.86. The first kappa shape index (κ1) is 12.1. The molecule has 1 aromatic rings. The van der Waals surface area contributed by atoms with E-state index in [1.165, 1.54) is 6.42 Å². The molecule has 1 N–H and O–H groups in total. The molecule has 1 saturated heterocycles. The minimum absolute atomic E-state index is 0.0284. The Hall–Kier alpha value is -1.36. The number of hydrogen-bond acceptors (Lipinski definition) is 3. The lowest BCUT2D eigenvalue weighted by Gasteiger charge is -2.21. The van der Waals surface area contributed by atoms with Crippen LogP contribution in [0.25, 0.3) is 0 Å². The van der Waals surface area contributed by atoms with Crippen molar-refractivity contribution in [3.05, 3.63) is 18.2 Å². The fraction of sp³-hybridized carbons (Fsp3) is 0.667. The molecule has 94 valence electrons. The highest BCUT2D eigenvalue weighted by Gasteiger charge is 2.23. The molecule has 5 nitrogen and oxygen atoms in total. The molecule has 2 heterocycles. The highest BCUT2D eigenvalue weighted by Crippen LogP contribution is 2.07. The lowest BCUT2D eigenvalue weighted by Crippen LogP contribution is -2.45. The van der Waals surface area contributed by atoms with Crippen molar-refractivity contribution in [3.63, 3.8) is 0 Å². The van der Waals surface area contributed by atoms with Crippen molar-refractivity contribution in [2.75, 3.05) is 13.2 Å². The van der Waals surface area contributed by atoms with Crippen molar-refractivity contribution in [1.82, 2.24) is 14.9 Å². The summed E-state index contributed by atoms with van der Waals surface area (Å²) < 4.78 is 7.49. The summed E-state index contributed by atoms with van der Waals surface area (Å²) in [5.41, 5.74) is 0.920. The summed E-state index contributed by atoms with van der Waals surface area (Å²) in [6.45, 7) is 4.35. The number of hydrogen-bond donors (Lipinski definition) is 1. The Morgan fingerprint density at radius 3 is 3.29 bits per heavy atom. The molecule has 0 aliphatic carbocycles. The van der Waals surface area contributed by atoms with E-state index in [-0.39, 0.29) is 12.0 Å². The number of nitrogens with zero attached hydrogens (tertiary/aromatic N) is 2. The lowest BCUT2D eigenvalue weighted by atomic mass is 10.2. The van der Waals surface area contributed by atoms with Gasteiger partial charge in [-0.2, -0.15) is 0 Å². The number of rotatable bonds is 5. The molecule has 0 unspecified atom stereocenters. The van der Waals surface area contributed by atoms with Crippen LogP contribution in [0.3, 0.4) is 0 Å². The van der Waals surface area contributed by atoms with Crippen molar-refractivity contribution >= 4 is 5.91 Å². The van der Waals surface area contributed by atoms with E-state index in [0.29, 0.717) is 19.6 Å². The van der Waals surface area contributed by atoms with Crippen LogP contribution in [-0.4, -0.2) is 34.7 Å². The van der Waals surface area contributed by atoms with Crippen molar-refractivity contribution in [1.29, 1.82) is 0 Å². The number of unbranched alkanes of at least 4 members (excludes halogenated alkanes) is 1. The van der Waals surface area contributed by atoms with Gasteiger partial charge >= 0.3 is 0 Å². The minimum atomic E-state index is -0.377. The number of carbonyl (C=O) groups is 1. The van der Waals surface area contributed by atoms with Crippen LogP contribution in [0.4, 0.5) is 0 Å². The summed E-state index contributed by atoms with van der Waals surface area (Å²) in [6, 6.07) is 0. The average Bonchev–Trinajstić information content (AvgIpc) is 2.77. The van der Waals surface area contributed by atoms with Crippen LogP contribution in [0.2, 0.25) is 0 Å². The summed E-state index contributed by atoms with van der Waals surface area (Å²) in [4.78, 5) is 15.8. The SMILES string of the molecule is CCCCn1cnc(C[C@@H]2OCCNC2=O)c1. The first-order valence-corrected chi connectivity index (χ1v) is 6.19. The second kappa shape index (κ2) is 5.82. The Labute approximate surface area is 101 Å². The third kappa shape index (κ3) is 3.30. The minimum Gasteiger partial charge on any atom is -0.366 e. The zero-order chi connectivity index (χ0) is 12.1. The number of imidazole rings is 1. The topological polar surface area (TPSA) is 56.1 Å². The normalized spacial score (nSPS) is 20.3. The molecule has 2 rings (SSSR count). The van der Waals surface area contributed by atoms with Crippen molar-refractivity contribution in [2.24, 2.45) is 0 Å². The Kier molecular flexibility index (Phi) is 4.14. The Balaban J connectivity index is 1.89. The molecule has 0 spiro atoms. The Morgan fingerprint density at radius 1 is 1.65 bits per heavy atom. The summed E-state index contributed by atoms with van der Waals surface area (Å²) in [5, 5.41) is 2.79. The van der Waals surface area contributed by atoms with Crippen molar-refractivity contribution in [2.45, 2.75) is 38.8 Å². The van der Waals surface area contributed by atoms with E-state index in [9.17, 15) is 4.79 Å². The van der Waals surface area contributed by atoms with E-state index < -0.39 is 0 Å². The maximum atomic E-state index is 11.5. The first-order chi connectivity index (χ1) is 8.29. The first-order valence-electron chi connectivity index (χ1n) is 6.19. The van der Waals surface area contributed by atoms with Gasteiger partial charge in [0.1, 0.15) is 6.10 Å². The van der Waals surface area contributed by atoms with E-state index >= 15 is 0 Å². The van der Waals surface area contributed by atoms with E-state index in [0.717, 1.165) is 18.7 Å². The van der Waals surface area contributed by atoms with E-state index in [1.807, 2.05) is 12.5 Å². The quantitative estimate of drug-likeness (QED) is 0.821. The van der Waals surface area contributed by atoms with Gasteiger partial charge in [-0.1, -0.05) is 13.3 Å². The third-order valence-electron chi connectivity index (χ3n) is 2.86. The van der Waals surface area contributed by atoms with Gasteiger partial charge in [0, 0.05) is 25.7 Å². The molecule has 1 atom stereocenters. The van der Waals surface area contributed by atoms with Gasteiger partial charge in [-0.05, 0) is 6.42 Å². The second-order valence-corrected chi connectivity index (χ2v) is 4.31. The fourth-order valence-corrected chi connectivity index (χ4v) is 1.88. The predicted molar refractivity (Wildman–Crippen MR) is 63.6 cm³/mol. The van der Waals surface area contributed by atoms with Gasteiger partial charge in [-0.15, -0.1) is 0 Å². The molecule has 1 amide bonds. The fourth-order valence-electron chi connectivity index (χ4n) is 1.88. The van der Waals surface area contributed by atoms with Gasteiger partial charge in [0.05, 0.1) is 18.6 Å². The second-order valence-electron chi connectivity index (χ2n) is 4.31. The number of carbonyl (C=O) groups excluding carboxylic acids is 1. The number of morpholine rings is 1. The molecule has 1 aliphatic rings. The molecule has 0 bridgehead atoms. The highest BCUT2D eigenvalue weighted by atomic mass is 16.5. The number of ether oxygens (including phenoxy) is 1. The molecule has 0 aromatic carbocycles.